The van der Waals surface area contributed by atoms with Crippen LogP contribution in [0, 0.1) is 11.8 Å². The van der Waals surface area contributed by atoms with E-state index in [1.807, 2.05) is 4.90 Å². The van der Waals surface area contributed by atoms with Gasteiger partial charge in [0.25, 0.3) is 0 Å². The lowest BCUT2D eigenvalue weighted by atomic mass is 10.1. The quantitative estimate of drug-likeness (QED) is 0.747. The van der Waals surface area contributed by atoms with Crippen molar-refractivity contribution in [3.8, 4) is 0 Å². The second-order valence-corrected chi connectivity index (χ2v) is 5.27. The van der Waals surface area contributed by atoms with Gasteiger partial charge >= 0.3 is 5.97 Å². The highest BCUT2D eigenvalue weighted by Crippen LogP contribution is 2.38. The molecule has 2 fully saturated rings. The molecule has 2 aliphatic rings. The van der Waals surface area contributed by atoms with Crippen molar-refractivity contribution in [3.05, 3.63) is 0 Å². The molecule has 0 radical (unpaired) electrons. The van der Waals surface area contributed by atoms with Crippen molar-refractivity contribution in [2.75, 3.05) is 19.6 Å². The fourth-order valence-electron chi connectivity index (χ4n) is 2.48. The molecule has 1 saturated carbocycles. The molecule has 0 aromatic carbocycles. The summed E-state index contributed by atoms with van der Waals surface area (Å²) < 4.78 is 0. The van der Waals surface area contributed by atoms with Crippen molar-refractivity contribution >= 4 is 17.8 Å². The minimum absolute atomic E-state index is 0.0746. The third-order valence-electron chi connectivity index (χ3n) is 3.79. The van der Waals surface area contributed by atoms with E-state index in [4.69, 9.17) is 5.11 Å². The van der Waals surface area contributed by atoms with Crippen LogP contribution >= 0.6 is 0 Å². The molecule has 0 bridgehead atoms. The molecule has 1 heterocycles. The Bertz CT molecular complexity index is 377. The maximum Gasteiger partial charge on any atom is 0.307 e. The molecule has 6 heteroatoms. The first-order chi connectivity index (χ1) is 9.09. The van der Waals surface area contributed by atoms with E-state index in [0.29, 0.717) is 19.4 Å². The summed E-state index contributed by atoms with van der Waals surface area (Å²) in [6.07, 6.45) is 4.01. The molecular formula is C13H20N2O4. The zero-order valence-electron chi connectivity index (χ0n) is 10.9. The van der Waals surface area contributed by atoms with Crippen molar-refractivity contribution in [1.29, 1.82) is 0 Å². The second kappa shape index (κ2) is 6.04. The maximum atomic E-state index is 11.8. The molecule has 2 N–H and O–H groups in total. The average Bonchev–Trinajstić information content (AvgIpc) is 3.20. The molecular weight excluding hydrogens is 248 g/mol. The summed E-state index contributed by atoms with van der Waals surface area (Å²) in [5.41, 5.74) is 0. The van der Waals surface area contributed by atoms with E-state index in [1.54, 1.807) is 0 Å². The Balaban J connectivity index is 1.62. The predicted octanol–water partition coefficient (Wildman–Crippen LogP) is 0.226. The maximum absolute atomic E-state index is 11.8. The van der Waals surface area contributed by atoms with Gasteiger partial charge in [-0.25, -0.2) is 0 Å². The highest BCUT2D eigenvalue weighted by atomic mass is 16.4. The first-order valence-electron chi connectivity index (χ1n) is 6.88. The third-order valence-corrected chi connectivity index (χ3v) is 3.79. The first-order valence-corrected chi connectivity index (χ1v) is 6.88. The van der Waals surface area contributed by atoms with Gasteiger partial charge in [-0.3, -0.25) is 14.4 Å². The zero-order chi connectivity index (χ0) is 13.8. The lowest BCUT2D eigenvalue weighted by Crippen LogP contribution is -2.38. The molecule has 2 rings (SSSR count). The van der Waals surface area contributed by atoms with E-state index in [1.165, 1.54) is 6.42 Å². The van der Waals surface area contributed by atoms with Gasteiger partial charge < -0.3 is 15.3 Å². The Morgan fingerprint density at radius 2 is 1.79 bits per heavy atom. The van der Waals surface area contributed by atoms with Crippen LogP contribution in [0.3, 0.4) is 0 Å². The molecule has 1 saturated heterocycles. The lowest BCUT2D eigenvalue weighted by molar-refractivity contribution is -0.140. The normalized spacial score (nSPS) is 25.8. The minimum atomic E-state index is -0.912. The Morgan fingerprint density at radius 3 is 2.37 bits per heavy atom. The van der Waals surface area contributed by atoms with Gasteiger partial charge in [0.1, 0.15) is 0 Å². The fraction of sp³-hybridized carbons (Fsp3) is 0.769. The highest BCUT2D eigenvalue weighted by molar-refractivity contribution is 5.89. The number of likely N-dealkylation sites (tertiary alicyclic amines) is 1. The summed E-state index contributed by atoms with van der Waals surface area (Å²) in [6.45, 7) is 1.93. The third kappa shape index (κ3) is 3.68. The number of carboxylic acid groups (broad SMARTS) is 1. The van der Waals surface area contributed by atoms with Gasteiger partial charge in [-0.05, 0) is 25.7 Å². The van der Waals surface area contributed by atoms with Crippen molar-refractivity contribution in [2.45, 2.75) is 32.1 Å². The largest absolute Gasteiger partial charge is 0.481 e. The van der Waals surface area contributed by atoms with Gasteiger partial charge in [0.2, 0.25) is 11.8 Å². The van der Waals surface area contributed by atoms with Crippen LogP contribution in [0.5, 0.6) is 0 Å². The Hall–Kier alpha value is -1.59. The molecule has 0 aromatic heterocycles. The Labute approximate surface area is 112 Å². The predicted molar refractivity (Wildman–Crippen MR) is 67.3 cm³/mol. The number of piperidine rings is 1. The molecule has 2 amide bonds. The number of rotatable bonds is 5. The lowest BCUT2D eigenvalue weighted by Gasteiger charge is -2.26. The number of carboxylic acids is 1. The van der Waals surface area contributed by atoms with E-state index in [2.05, 4.69) is 5.32 Å². The molecule has 0 spiro atoms. The van der Waals surface area contributed by atoms with Crippen molar-refractivity contribution in [1.82, 2.24) is 10.2 Å². The topological polar surface area (TPSA) is 86.7 Å². The Morgan fingerprint density at radius 1 is 1.11 bits per heavy atom. The Kier molecular flexibility index (Phi) is 4.39. The molecule has 19 heavy (non-hydrogen) atoms. The van der Waals surface area contributed by atoms with Crippen LogP contribution in [0.2, 0.25) is 0 Å². The van der Waals surface area contributed by atoms with Crippen LogP contribution in [0.4, 0.5) is 0 Å². The number of amides is 2. The molecule has 6 nitrogen and oxygen atoms in total. The van der Waals surface area contributed by atoms with Crippen LogP contribution in [-0.4, -0.2) is 47.4 Å². The van der Waals surface area contributed by atoms with E-state index in [-0.39, 0.29) is 11.8 Å². The monoisotopic (exact) mass is 268 g/mol. The van der Waals surface area contributed by atoms with Crippen molar-refractivity contribution < 1.29 is 19.5 Å². The van der Waals surface area contributed by atoms with Gasteiger partial charge in [-0.2, -0.15) is 0 Å². The van der Waals surface area contributed by atoms with E-state index in [0.717, 1.165) is 25.9 Å². The molecule has 1 aliphatic carbocycles. The van der Waals surface area contributed by atoms with E-state index < -0.39 is 17.8 Å². The summed E-state index contributed by atoms with van der Waals surface area (Å²) in [6, 6.07) is 0. The average molecular weight is 268 g/mol. The summed E-state index contributed by atoms with van der Waals surface area (Å²) >= 11 is 0. The smallest absolute Gasteiger partial charge is 0.307 e. The van der Waals surface area contributed by atoms with E-state index >= 15 is 0 Å². The summed E-state index contributed by atoms with van der Waals surface area (Å²) in [5, 5.41) is 11.4. The van der Waals surface area contributed by atoms with Crippen molar-refractivity contribution in [2.24, 2.45) is 11.8 Å². The standard InChI is InChI=1S/C13H20N2O4/c16-11(15-6-2-1-3-7-15)4-5-14-12(17)9-8-10(9)13(18)19/h9-10H,1-8H2,(H,14,17)(H,18,19). The van der Waals surface area contributed by atoms with Gasteiger partial charge in [0.15, 0.2) is 0 Å². The number of hydrogen-bond acceptors (Lipinski definition) is 3. The van der Waals surface area contributed by atoms with Crippen LogP contribution < -0.4 is 5.32 Å². The van der Waals surface area contributed by atoms with Gasteiger partial charge in [-0.15, -0.1) is 0 Å². The SMILES string of the molecule is O=C(O)C1CC1C(=O)NCCC(=O)N1CCCCC1. The van der Waals surface area contributed by atoms with Crippen molar-refractivity contribution in [3.63, 3.8) is 0 Å². The number of nitrogens with one attached hydrogen (secondary N) is 1. The fourth-order valence-corrected chi connectivity index (χ4v) is 2.48. The van der Waals surface area contributed by atoms with Crippen LogP contribution in [0.1, 0.15) is 32.1 Å². The summed E-state index contributed by atoms with van der Waals surface area (Å²) in [7, 11) is 0. The highest BCUT2D eigenvalue weighted by Gasteiger charge is 2.48. The van der Waals surface area contributed by atoms with E-state index in [9.17, 15) is 14.4 Å². The number of aliphatic carboxylic acids is 1. The number of carbonyl (C=O) groups excluding carboxylic acids is 2. The molecule has 1 aliphatic heterocycles. The molecule has 2 unspecified atom stereocenters. The number of carbonyl (C=O) groups is 3. The molecule has 106 valence electrons. The second-order valence-electron chi connectivity index (χ2n) is 5.27. The zero-order valence-corrected chi connectivity index (χ0v) is 10.9. The molecule has 0 aromatic rings. The van der Waals surface area contributed by atoms with Gasteiger partial charge in [-0.1, -0.05) is 0 Å². The summed E-state index contributed by atoms with van der Waals surface area (Å²) in [4.78, 5) is 35.9. The molecule has 2 atom stereocenters. The van der Waals surface area contributed by atoms with Gasteiger partial charge in [0, 0.05) is 26.1 Å². The summed E-state index contributed by atoms with van der Waals surface area (Å²) in [5.74, 6) is -2.01. The van der Waals surface area contributed by atoms with Gasteiger partial charge in [0.05, 0.1) is 11.8 Å². The minimum Gasteiger partial charge on any atom is -0.481 e. The van der Waals surface area contributed by atoms with Crippen LogP contribution in [-0.2, 0) is 14.4 Å². The van der Waals surface area contributed by atoms with Crippen LogP contribution in [0.15, 0.2) is 0 Å². The first kappa shape index (κ1) is 13.8. The van der Waals surface area contributed by atoms with Crippen LogP contribution in [0.25, 0.3) is 0 Å². The number of nitrogens with zero attached hydrogens (tertiary/aromatic N) is 1. The number of hydrogen-bond donors (Lipinski definition) is 2.